The van der Waals surface area contributed by atoms with Crippen LogP contribution >= 0.6 is 0 Å². The third-order valence-corrected chi connectivity index (χ3v) is 2.23. The fraction of sp³-hybridized carbons (Fsp3) is 0.143. The van der Waals surface area contributed by atoms with Crippen molar-refractivity contribution in [3.05, 3.63) is 48.5 Å². The summed E-state index contributed by atoms with van der Waals surface area (Å²) in [5, 5.41) is 0. The van der Waals surface area contributed by atoms with Crippen molar-refractivity contribution >= 4 is 11.4 Å². The SMILES string of the molecule is COc1ccc(N)cc1.COc1ccc(N)cc1.[Pt]. The van der Waals surface area contributed by atoms with E-state index in [1.807, 2.05) is 24.3 Å². The molecule has 106 valence electrons. The van der Waals surface area contributed by atoms with Crippen LogP contribution in [0, 0.1) is 0 Å². The summed E-state index contributed by atoms with van der Waals surface area (Å²) in [5.74, 6) is 1.67. The predicted octanol–water partition coefficient (Wildman–Crippen LogP) is 2.55. The summed E-state index contributed by atoms with van der Waals surface area (Å²) in [7, 11) is 3.26. The molecule has 0 saturated carbocycles. The van der Waals surface area contributed by atoms with Gasteiger partial charge in [0.2, 0.25) is 0 Å². The number of ether oxygens (including phenoxy) is 2. The van der Waals surface area contributed by atoms with Crippen LogP contribution in [-0.4, -0.2) is 14.2 Å². The fourth-order valence-corrected chi connectivity index (χ4v) is 1.21. The van der Waals surface area contributed by atoms with E-state index in [-0.39, 0.29) is 21.1 Å². The van der Waals surface area contributed by atoms with E-state index >= 15 is 0 Å². The van der Waals surface area contributed by atoms with Crippen molar-refractivity contribution in [2.45, 2.75) is 0 Å². The molecule has 0 heterocycles. The maximum Gasteiger partial charge on any atom is 0.119 e. The van der Waals surface area contributed by atoms with E-state index < -0.39 is 0 Å². The Morgan fingerprint density at radius 3 is 1.11 bits per heavy atom. The molecule has 0 unspecified atom stereocenters. The summed E-state index contributed by atoms with van der Waals surface area (Å²) >= 11 is 0. The molecule has 0 aliphatic carbocycles. The molecule has 0 spiro atoms. The molecule has 0 fully saturated rings. The minimum atomic E-state index is 0. The number of hydrogen-bond donors (Lipinski definition) is 2. The minimum absolute atomic E-state index is 0. The molecule has 5 heteroatoms. The van der Waals surface area contributed by atoms with Crippen LogP contribution in [-0.2, 0) is 21.1 Å². The van der Waals surface area contributed by atoms with E-state index in [4.69, 9.17) is 20.9 Å². The summed E-state index contributed by atoms with van der Waals surface area (Å²) in [6, 6.07) is 14.5. The van der Waals surface area contributed by atoms with E-state index in [2.05, 4.69) is 0 Å². The Balaban J connectivity index is 0.000000324. The van der Waals surface area contributed by atoms with Gasteiger partial charge in [0.25, 0.3) is 0 Å². The first-order valence-electron chi connectivity index (χ1n) is 5.44. The molecule has 0 atom stereocenters. The fourth-order valence-electron chi connectivity index (χ4n) is 1.21. The van der Waals surface area contributed by atoms with Crippen molar-refractivity contribution in [2.75, 3.05) is 25.7 Å². The van der Waals surface area contributed by atoms with Crippen LogP contribution < -0.4 is 20.9 Å². The molecule has 0 aliphatic rings. The average molecular weight is 441 g/mol. The molecule has 0 bridgehead atoms. The molecule has 4 N–H and O–H groups in total. The second-order valence-electron chi connectivity index (χ2n) is 3.55. The van der Waals surface area contributed by atoms with Gasteiger partial charge in [-0.3, -0.25) is 0 Å². The van der Waals surface area contributed by atoms with Crippen molar-refractivity contribution in [3.8, 4) is 11.5 Å². The van der Waals surface area contributed by atoms with Gasteiger partial charge < -0.3 is 20.9 Å². The molecule has 0 aromatic heterocycles. The van der Waals surface area contributed by atoms with Gasteiger partial charge in [-0.25, -0.2) is 0 Å². The van der Waals surface area contributed by atoms with Crippen LogP contribution in [0.4, 0.5) is 11.4 Å². The standard InChI is InChI=1S/2C7H9NO.Pt/c2*1-9-7-4-2-6(8)3-5-7;/h2*2-5H,8H2,1H3;. The molecule has 2 aromatic carbocycles. The van der Waals surface area contributed by atoms with E-state index in [1.165, 1.54) is 0 Å². The quantitative estimate of drug-likeness (QED) is 0.703. The first-order chi connectivity index (χ1) is 8.65. The summed E-state index contributed by atoms with van der Waals surface area (Å²) in [6.45, 7) is 0. The second-order valence-corrected chi connectivity index (χ2v) is 3.55. The third-order valence-electron chi connectivity index (χ3n) is 2.23. The molecule has 2 aromatic rings. The van der Waals surface area contributed by atoms with E-state index in [0.29, 0.717) is 0 Å². The van der Waals surface area contributed by atoms with Crippen LogP contribution in [0.1, 0.15) is 0 Å². The number of benzene rings is 2. The molecule has 2 rings (SSSR count). The van der Waals surface area contributed by atoms with Gasteiger partial charge in [-0.1, -0.05) is 0 Å². The normalized spacial score (nSPS) is 8.53. The van der Waals surface area contributed by atoms with Gasteiger partial charge in [-0.15, -0.1) is 0 Å². The van der Waals surface area contributed by atoms with E-state index in [9.17, 15) is 0 Å². The van der Waals surface area contributed by atoms with E-state index in [0.717, 1.165) is 22.9 Å². The van der Waals surface area contributed by atoms with Crippen LogP contribution in [0.5, 0.6) is 11.5 Å². The number of nitrogens with two attached hydrogens (primary N) is 2. The van der Waals surface area contributed by atoms with Crippen LogP contribution in [0.15, 0.2) is 48.5 Å². The minimum Gasteiger partial charge on any atom is -0.497 e. The molecule has 4 nitrogen and oxygen atoms in total. The molecule has 0 saturated heterocycles. The van der Waals surface area contributed by atoms with Gasteiger partial charge in [0, 0.05) is 32.4 Å². The van der Waals surface area contributed by atoms with E-state index in [1.54, 1.807) is 38.5 Å². The maximum atomic E-state index is 5.43. The number of hydrogen-bond acceptors (Lipinski definition) is 4. The first-order valence-corrected chi connectivity index (χ1v) is 5.44. The second kappa shape index (κ2) is 9.28. The largest absolute Gasteiger partial charge is 0.497 e. The molecular formula is C14H18N2O2Pt. The van der Waals surface area contributed by atoms with Crippen molar-refractivity contribution in [2.24, 2.45) is 0 Å². The molecular weight excluding hydrogens is 423 g/mol. The Kier molecular flexibility index (Phi) is 8.47. The van der Waals surface area contributed by atoms with Gasteiger partial charge in [-0.05, 0) is 48.5 Å². The van der Waals surface area contributed by atoms with Crippen LogP contribution in [0.25, 0.3) is 0 Å². The number of nitrogen functional groups attached to an aromatic ring is 2. The Morgan fingerprint density at radius 1 is 0.632 bits per heavy atom. The van der Waals surface area contributed by atoms with Crippen molar-refractivity contribution in [1.29, 1.82) is 0 Å². The van der Waals surface area contributed by atoms with Gasteiger partial charge in [0.15, 0.2) is 0 Å². The zero-order valence-corrected chi connectivity index (χ0v) is 13.2. The molecule has 0 amide bonds. The summed E-state index contributed by atoms with van der Waals surface area (Å²) in [4.78, 5) is 0. The van der Waals surface area contributed by atoms with Gasteiger partial charge in [0.1, 0.15) is 11.5 Å². The number of methoxy groups -OCH3 is 2. The summed E-state index contributed by atoms with van der Waals surface area (Å²) in [5.41, 5.74) is 12.4. The Morgan fingerprint density at radius 2 is 0.895 bits per heavy atom. The Labute approximate surface area is 128 Å². The topological polar surface area (TPSA) is 70.5 Å². The Hall–Kier alpha value is -1.67. The van der Waals surface area contributed by atoms with Gasteiger partial charge in [0.05, 0.1) is 14.2 Å². The predicted molar refractivity (Wildman–Crippen MR) is 74.8 cm³/mol. The monoisotopic (exact) mass is 441 g/mol. The van der Waals surface area contributed by atoms with Crippen molar-refractivity contribution in [1.82, 2.24) is 0 Å². The smallest absolute Gasteiger partial charge is 0.119 e. The Bertz CT molecular complexity index is 412. The zero-order chi connectivity index (χ0) is 13.4. The zero-order valence-electron chi connectivity index (χ0n) is 10.9. The van der Waals surface area contributed by atoms with Crippen molar-refractivity contribution < 1.29 is 30.5 Å². The summed E-state index contributed by atoms with van der Waals surface area (Å²) in [6.07, 6.45) is 0. The molecule has 0 radical (unpaired) electrons. The number of rotatable bonds is 2. The third kappa shape index (κ3) is 6.72. The average Bonchev–Trinajstić information content (AvgIpc) is 2.41. The number of anilines is 2. The van der Waals surface area contributed by atoms with Crippen LogP contribution in [0.3, 0.4) is 0 Å². The molecule has 19 heavy (non-hydrogen) atoms. The molecule has 0 aliphatic heterocycles. The van der Waals surface area contributed by atoms with Crippen LogP contribution in [0.2, 0.25) is 0 Å². The van der Waals surface area contributed by atoms with Gasteiger partial charge >= 0.3 is 0 Å². The first kappa shape index (κ1) is 17.3. The van der Waals surface area contributed by atoms with Crippen molar-refractivity contribution in [3.63, 3.8) is 0 Å². The maximum absolute atomic E-state index is 5.43. The summed E-state index contributed by atoms with van der Waals surface area (Å²) < 4.78 is 9.83. The van der Waals surface area contributed by atoms with Gasteiger partial charge in [-0.2, -0.15) is 0 Å².